The molecule has 234 valence electrons. The molecule has 3 heteroatoms. The fourth-order valence-electron chi connectivity index (χ4n) is 4.95. The molecular weight excluding hydrogens is 464 g/mol. The highest BCUT2D eigenvalue weighted by atomic mass is 16.2. The van der Waals surface area contributed by atoms with Crippen LogP contribution in [0.15, 0.2) is 0 Å². The van der Waals surface area contributed by atoms with E-state index in [1.54, 1.807) is 0 Å². The molecule has 0 spiro atoms. The van der Waals surface area contributed by atoms with Crippen LogP contribution in [0, 0.1) is 5.92 Å². The van der Waals surface area contributed by atoms with Crippen LogP contribution in [0.5, 0.6) is 0 Å². The molecule has 0 aromatic heterocycles. The van der Waals surface area contributed by atoms with E-state index in [1.807, 2.05) is 0 Å². The number of nitrogens with two attached hydrogens (primary N) is 1. The van der Waals surface area contributed by atoms with Crippen LogP contribution in [-0.2, 0) is 0 Å². The van der Waals surface area contributed by atoms with Gasteiger partial charge in [-0.2, -0.15) is 0 Å². The lowest BCUT2D eigenvalue weighted by Gasteiger charge is -2.17. The average molecular weight is 543 g/mol. The molecule has 0 aliphatic carbocycles. The molecule has 38 heavy (non-hydrogen) atoms. The zero-order valence-corrected chi connectivity index (χ0v) is 27.2. The molecule has 3 nitrogen and oxygen atoms in total. The lowest BCUT2D eigenvalue weighted by molar-refractivity contribution is 0.243. The number of hydrogen-bond donors (Lipinski definition) is 2. The minimum atomic E-state index is -0.349. The van der Waals surface area contributed by atoms with Gasteiger partial charge in [0.05, 0.1) is 0 Å². The van der Waals surface area contributed by atoms with Crippen molar-refractivity contribution in [2.45, 2.75) is 214 Å². The number of carbonyl (C=O) groups excluding carboxylic acids is 1. The van der Waals surface area contributed by atoms with Crippen molar-refractivity contribution >= 4 is 6.03 Å². The molecule has 0 saturated heterocycles. The molecule has 0 radical (unpaired) electrons. The number of rotatable bonds is 28. The van der Waals surface area contributed by atoms with Crippen molar-refractivity contribution < 1.29 is 7.65 Å². The van der Waals surface area contributed by atoms with E-state index in [0.29, 0.717) is 0 Å². The first kappa shape index (κ1) is 39.4. The first-order valence-corrected chi connectivity index (χ1v) is 17.5. The zero-order valence-electron chi connectivity index (χ0n) is 27.2. The van der Waals surface area contributed by atoms with E-state index in [4.69, 9.17) is 5.73 Å². The van der Waals surface area contributed by atoms with Crippen molar-refractivity contribution in [1.82, 2.24) is 5.32 Å². The Balaban J connectivity index is -0.000000843. The van der Waals surface area contributed by atoms with Crippen LogP contribution in [0.1, 0.15) is 211 Å². The Morgan fingerprint density at radius 1 is 0.526 bits per heavy atom. The number of urea groups is 1. The largest absolute Gasteiger partial charge is 0.352 e. The topological polar surface area (TPSA) is 55.1 Å². The van der Waals surface area contributed by atoms with Crippen molar-refractivity contribution in [1.29, 1.82) is 0 Å². The van der Waals surface area contributed by atoms with Gasteiger partial charge in [0.15, 0.2) is 0 Å². The van der Waals surface area contributed by atoms with Gasteiger partial charge in [0.25, 0.3) is 0 Å². The second-order valence-electron chi connectivity index (χ2n) is 12.4. The van der Waals surface area contributed by atoms with Crippen LogP contribution in [0.25, 0.3) is 0 Å². The quantitative estimate of drug-likeness (QED) is 0.0949. The Labute approximate surface area is 244 Å². The summed E-state index contributed by atoms with van der Waals surface area (Å²) in [6, 6.07) is -0.0633. The summed E-state index contributed by atoms with van der Waals surface area (Å²) in [6.45, 7) is 11.2. The Morgan fingerprint density at radius 3 is 0.974 bits per heavy atom. The van der Waals surface area contributed by atoms with Crippen LogP contribution < -0.4 is 11.1 Å². The minimum absolute atomic E-state index is 0. The summed E-state index contributed by atoms with van der Waals surface area (Å²) < 4.78 is 0. The maximum atomic E-state index is 11.4. The molecule has 0 aliphatic rings. The molecule has 3 N–H and O–H groups in total. The van der Waals surface area contributed by atoms with Crippen molar-refractivity contribution in [3.8, 4) is 0 Å². The molecule has 0 fully saturated rings. The third kappa shape index (κ3) is 37.4. The first-order valence-electron chi connectivity index (χ1n) is 17.5. The number of amides is 2. The molecule has 0 rings (SSSR count). The smallest absolute Gasteiger partial charge is 0.312 e. The molecule has 0 aromatic rings. The predicted octanol–water partition coefficient (Wildman–Crippen LogP) is 12.8. The third-order valence-electron chi connectivity index (χ3n) is 7.98. The van der Waals surface area contributed by atoms with Crippen molar-refractivity contribution in [3.63, 3.8) is 0 Å². The van der Waals surface area contributed by atoms with Crippen LogP contribution in [0.4, 0.5) is 4.79 Å². The maximum Gasteiger partial charge on any atom is 0.312 e. The zero-order chi connectivity index (χ0) is 28.5. The Hall–Kier alpha value is -0.730. The highest BCUT2D eigenvalue weighted by Gasteiger charge is 2.10. The molecule has 0 atom stereocenters. The molecule has 0 saturated carbocycles. The van der Waals surface area contributed by atoms with Gasteiger partial charge in [-0.3, -0.25) is 0 Å². The lowest BCUT2D eigenvalue weighted by Crippen LogP contribution is -2.38. The van der Waals surface area contributed by atoms with Crippen molar-refractivity contribution in [3.05, 3.63) is 0 Å². The highest BCUT2D eigenvalue weighted by molar-refractivity contribution is 5.71. The number of unbranched alkanes of at least 4 members (excludes halogenated alkanes) is 22. The number of primary amides is 1. The Bertz CT molecular complexity index is 421. The number of nitrogens with one attached hydrogen (secondary N) is 1. The van der Waals surface area contributed by atoms with E-state index in [-0.39, 0.29) is 14.9 Å². The van der Waals surface area contributed by atoms with E-state index in [9.17, 15) is 4.79 Å². The second kappa shape index (κ2) is 34.3. The van der Waals surface area contributed by atoms with E-state index in [0.717, 1.165) is 18.8 Å². The Kier molecular flexibility index (Phi) is 35.6. The SMILES string of the molecule is CCC(C)C.CCCCCCCCCCCCCCC(CCCCCCCCCCCCCC)NC(N)=O.[HH].[HH]. The highest BCUT2D eigenvalue weighted by Crippen LogP contribution is 2.16. The summed E-state index contributed by atoms with van der Waals surface area (Å²) in [5, 5.41) is 3.00. The van der Waals surface area contributed by atoms with Gasteiger partial charge in [-0.1, -0.05) is 195 Å². The number of hydrogen-bond acceptors (Lipinski definition) is 1. The minimum Gasteiger partial charge on any atom is -0.352 e. The van der Waals surface area contributed by atoms with Crippen LogP contribution >= 0.6 is 0 Å². The van der Waals surface area contributed by atoms with E-state index in [1.165, 1.54) is 161 Å². The monoisotopic (exact) mass is 543 g/mol. The molecule has 0 aromatic carbocycles. The van der Waals surface area contributed by atoms with Gasteiger partial charge in [0.1, 0.15) is 0 Å². The second-order valence-corrected chi connectivity index (χ2v) is 12.4. The average Bonchev–Trinajstić information content (AvgIpc) is 2.89. The van der Waals surface area contributed by atoms with E-state index < -0.39 is 0 Å². The molecule has 0 unspecified atom stereocenters. The Morgan fingerprint density at radius 2 is 0.763 bits per heavy atom. The predicted molar refractivity (Wildman–Crippen MR) is 177 cm³/mol. The summed E-state index contributed by atoms with van der Waals surface area (Å²) >= 11 is 0. The van der Waals surface area contributed by atoms with Crippen LogP contribution in [-0.4, -0.2) is 12.1 Å². The number of carbonyl (C=O) groups is 1. The summed E-state index contributed by atoms with van der Waals surface area (Å²) in [6.07, 6.45) is 36.5. The third-order valence-corrected chi connectivity index (χ3v) is 7.98. The first-order chi connectivity index (χ1) is 18.5. The van der Waals surface area contributed by atoms with E-state index >= 15 is 0 Å². The van der Waals surface area contributed by atoms with Crippen molar-refractivity contribution in [2.24, 2.45) is 11.7 Å². The van der Waals surface area contributed by atoms with Gasteiger partial charge in [-0.05, 0) is 18.8 Å². The fourth-order valence-corrected chi connectivity index (χ4v) is 4.95. The maximum absolute atomic E-state index is 11.4. The standard InChI is InChI=1S/C30H62N2O.C5H12.2H2/c1-3-5-7-9-11-13-15-17-19-21-23-25-27-29(32-30(31)33)28-26-24-22-20-18-16-14-12-10-8-6-4-2;1-4-5(2)3;;/h29H,3-28H2,1-2H3,(H3,31,32,33);5H,4H2,1-3H3;2*1H. The summed E-state index contributed by atoms with van der Waals surface area (Å²) in [5.74, 6) is 0.884. The van der Waals surface area contributed by atoms with Gasteiger partial charge in [-0.15, -0.1) is 0 Å². The molecule has 0 heterocycles. The fraction of sp³-hybridized carbons (Fsp3) is 0.971. The molecule has 0 bridgehead atoms. The van der Waals surface area contributed by atoms with Gasteiger partial charge in [-0.25, -0.2) is 4.79 Å². The molecule has 2 amide bonds. The molecular formula is C35H78N2O. The van der Waals surface area contributed by atoms with Gasteiger partial charge >= 0.3 is 6.03 Å². The van der Waals surface area contributed by atoms with Crippen LogP contribution in [0.3, 0.4) is 0 Å². The normalized spacial score (nSPS) is 11.1. The van der Waals surface area contributed by atoms with Crippen molar-refractivity contribution in [2.75, 3.05) is 0 Å². The lowest BCUT2D eigenvalue weighted by atomic mass is 9.99. The molecule has 0 aliphatic heterocycles. The van der Waals surface area contributed by atoms with Gasteiger partial charge in [0, 0.05) is 8.90 Å². The van der Waals surface area contributed by atoms with Gasteiger partial charge in [0.2, 0.25) is 0 Å². The summed E-state index contributed by atoms with van der Waals surface area (Å²) in [7, 11) is 0. The van der Waals surface area contributed by atoms with Crippen LogP contribution in [0.2, 0.25) is 0 Å². The van der Waals surface area contributed by atoms with Gasteiger partial charge < -0.3 is 11.1 Å². The summed E-state index contributed by atoms with van der Waals surface area (Å²) in [4.78, 5) is 11.4. The summed E-state index contributed by atoms with van der Waals surface area (Å²) in [5.41, 5.74) is 5.42. The van der Waals surface area contributed by atoms with E-state index in [2.05, 4.69) is 39.9 Å².